The zero-order chi connectivity index (χ0) is 14.1. The number of benzene rings is 2. The second-order valence-electron chi connectivity index (χ2n) is 6.18. The quantitative estimate of drug-likeness (QED) is 0.898. The third-order valence-electron chi connectivity index (χ3n) is 4.86. The first-order valence-corrected chi connectivity index (χ1v) is 8.06. The highest BCUT2D eigenvalue weighted by Crippen LogP contribution is 2.43. The van der Waals surface area contributed by atoms with Crippen molar-refractivity contribution in [2.24, 2.45) is 0 Å². The van der Waals surface area contributed by atoms with Gasteiger partial charge in [0, 0.05) is 25.0 Å². The molecule has 0 bridgehead atoms. The van der Waals surface area contributed by atoms with Gasteiger partial charge in [0.25, 0.3) is 0 Å². The molecule has 0 saturated carbocycles. The van der Waals surface area contributed by atoms with E-state index in [1.165, 1.54) is 41.6 Å². The molecule has 0 unspecified atom stereocenters. The molecule has 4 rings (SSSR count). The Morgan fingerprint density at radius 1 is 0.905 bits per heavy atom. The molecular weight excluding hydrogens is 256 g/mol. The number of hydrogen-bond donors (Lipinski definition) is 2. The van der Waals surface area contributed by atoms with Crippen LogP contribution in [0.25, 0.3) is 11.1 Å². The molecule has 1 fully saturated rings. The lowest BCUT2D eigenvalue weighted by atomic mass is 9.97. The summed E-state index contributed by atoms with van der Waals surface area (Å²) in [6, 6.07) is 18.4. The molecule has 2 N–H and O–H groups in total. The van der Waals surface area contributed by atoms with Gasteiger partial charge in [-0.15, -0.1) is 0 Å². The van der Waals surface area contributed by atoms with Crippen molar-refractivity contribution >= 4 is 0 Å². The zero-order valence-electron chi connectivity index (χ0n) is 12.3. The molecule has 1 atom stereocenters. The van der Waals surface area contributed by atoms with Gasteiger partial charge in [0.1, 0.15) is 0 Å². The first-order chi connectivity index (χ1) is 10.4. The lowest BCUT2D eigenvalue weighted by molar-refractivity contribution is 0.526. The summed E-state index contributed by atoms with van der Waals surface area (Å²) in [6.07, 6.45) is 2.63. The fourth-order valence-corrected chi connectivity index (χ4v) is 3.81. The maximum Gasteiger partial charge on any atom is 0.0227 e. The summed E-state index contributed by atoms with van der Waals surface area (Å²) < 4.78 is 0. The van der Waals surface area contributed by atoms with Crippen LogP contribution in [0.4, 0.5) is 0 Å². The average Bonchev–Trinajstić information content (AvgIpc) is 3.15. The molecule has 2 aromatic rings. The predicted octanol–water partition coefficient (Wildman–Crippen LogP) is 3.14. The lowest BCUT2D eigenvalue weighted by Gasteiger charge is -2.17. The molecule has 1 aliphatic carbocycles. The van der Waals surface area contributed by atoms with Gasteiger partial charge in [-0.05, 0) is 41.6 Å². The molecule has 2 heteroatoms. The Morgan fingerprint density at radius 2 is 1.57 bits per heavy atom. The van der Waals surface area contributed by atoms with E-state index in [1.807, 2.05) is 0 Å². The van der Waals surface area contributed by atoms with E-state index < -0.39 is 0 Å². The van der Waals surface area contributed by atoms with Crippen molar-refractivity contribution in [3.63, 3.8) is 0 Å². The molecule has 2 nitrogen and oxygen atoms in total. The summed E-state index contributed by atoms with van der Waals surface area (Å²) in [4.78, 5) is 0. The lowest BCUT2D eigenvalue weighted by Crippen LogP contribution is -2.35. The van der Waals surface area contributed by atoms with Crippen LogP contribution < -0.4 is 10.6 Å². The van der Waals surface area contributed by atoms with Crippen LogP contribution in [-0.4, -0.2) is 25.7 Å². The maximum atomic E-state index is 3.69. The predicted molar refractivity (Wildman–Crippen MR) is 87.6 cm³/mol. The Hall–Kier alpha value is -1.64. The molecule has 0 aromatic heterocycles. The summed E-state index contributed by atoms with van der Waals surface area (Å²) in [7, 11) is 0. The van der Waals surface area contributed by atoms with Crippen molar-refractivity contribution in [2.75, 3.05) is 19.6 Å². The van der Waals surface area contributed by atoms with E-state index in [0.717, 1.165) is 13.1 Å². The van der Waals surface area contributed by atoms with Crippen molar-refractivity contribution in [2.45, 2.75) is 24.8 Å². The van der Waals surface area contributed by atoms with Gasteiger partial charge in [0.05, 0.1) is 0 Å². The zero-order valence-corrected chi connectivity index (χ0v) is 12.3. The van der Waals surface area contributed by atoms with Crippen molar-refractivity contribution in [3.8, 4) is 11.1 Å². The highest BCUT2D eigenvalue weighted by atomic mass is 15.0. The largest absolute Gasteiger partial charge is 0.314 e. The molecule has 2 aromatic carbocycles. The highest BCUT2D eigenvalue weighted by Gasteiger charge is 2.27. The van der Waals surface area contributed by atoms with Gasteiger partial charge in [-0.25, -0.2) is 0 Å². The van der Waals surface area contributed by atoms with E-state index in [4.69, 9.17) is 0 Å². The fraction of sp³-hybridized carbons (Fsp3) is 0.368. The minimum absolute atomic E-state index is 0.499. The molecule has 0 radical (unpaired) electrons. The molecule has 1 saturated heterocycles. The Bertz CT molecular complexity index is 583. The van der Waals surface area contributed by atoms with E-state index in [2.05, 4.69) is 59.2 Å². The second-order valence-corrected chi connectivity index (χ2v) is 6.18. The Kier molecular flexibility index (Phi) is 3.50. The minimum atomic E-state index is 0.499. The molecular formula is C19H22N2. The highest BCUT2D eigenvalue weighted by molar-refractivity contribution is 5.78. The van der Waals surface area contributed by atoms with Crippen molar-refractivity contribution in [3.05, 3.63) is 59.7 Å². The van der Waals surface area contributed by atoms with Crippen LogP contribution in [-0.2, 0) is 0 Å². The van der Waals surface area contributed by atoms with Gasteiger partial charge < -0.3 is 10.6 Å². The summed E-state index contributed by atoms with van der Waals surface area (Å²) in [5.41, 5.74) is 5.79. The number of fused-ring (bicyclic) bond motifs is 3. The molecule has 0 spiro atoms. The second kappa shape index (κ2) is 5.63. The molecule has 2 aliphatic rings. The topological polar surface area (TPSA) is 24.1 Å². The van der Waals surface area contributed by atoms with Crippen LogP contribution in [0.3, 0.4) is 0 Å². The smallest absolute Gasteiger partial charge is 0.0227 e. The summed E-state index contributed by atoms with van der Waals surface area (Å²) in [5.74, 6) is 0.499. The van der Waals surface area contributed by atoms with E-state index in [-0.39, 0.29) is 0 Å². The van der Waals surface area contributed by atoms with Gasteiger partial charge in [-0.1, -0.05) is 48.5 Å². The molecule has 21 heavy (non-hydrogen) atoms. The van der Waals surface area contributed by atoms with Gasteiger partial charge in [-0.2, -0.15) is 0 Å². The van der Waals surface area contributed by atoms with Gasteiger partial charge >= 0.3 is 0 Å². The minimum Gasteiger partial charge on any atom is -0.314 e. The monoisotopic (exact) mass is 278 g/mol. The summed E-state index contributed by atoms with van der Waals surface area (Å²) in [6.45, 7) is 3.30. The summed E-state index contributed by atoms with van der Waals surface area (Å²) >= 11 is 0. The van der Waals surface area contributed by atoms with Gasteiger partial charge in [0.2, 0.25) is 0 Å². The standard InChI is InChI=1S/C19H22N2/c1-3-9-17-15(7-1)16-8-2-4-10-18(16)19(17)13-20-12-14-6-5-11-21-14/h1-4,7-10,14,19-21H,5-6,11-13H2/t14-/m0/s1. The van der Waals surface area contributed by atoms with Crippen LogP contribution in [0.5, 0.6) is 0 Å². The number of rotatable bonds is 4. The SMILES string of the molecule is c1ccc2c(c1)-c1ccccc1C2CNC[C@@H]1CCCN1. The van der Waals surface area contributed by atoms with E-state index in [0.29, 0.717) is 12.0 Å². The van der Waals surface area contributed by atoms with E-state index in [1.54, 1.807) is 0 Å². The third kappa shape index (κ3) is 2.39. The van der Waals surface area contributed by atoms with Crippen LogP contribution in [0.1, 0.15) is 29.9 Å². The Labute approximate surface area is 126 Å². The first-order valence-electron chi connectivity index (χ1n) is 8.06. The van der Waals surface area contributed by atoms with Crippen molar-refractivity contribution in [1.82, 2.24) is 10.6 Å². The normalized spacial score (nSPS) is 20.5. The maximum absolute atomic E-state index is 3.69. The first kappa shape index (κ1) is 13.1. The average molecular weight is 278 g/mol. The molecule has 1 aliphatic heterocycles. The van der Waals surface area contributed by atoms with Gasteiger partial charge in [-0.3, -0.25) is 0 Å². The molecule has 1 heterocycles. The fourth-order valence-electron chi connectivity index (χ4n) is 3.81. The Morgan fingerprint density at radius 3 is 2.19 bits per heavy atom. The third-order valence-corrected chi connectivity index (χ3v) is 4.86. The van der Waals surface area contributed by atoms with Gasteiger partial charge in [0.15, 0.2) is 0 Å². The van der Waals surface area contributed by atoms with Crippen LogP contribution in [0, 0.1) is 0 Å². The van der Waals surface area contributed by atoms with E-state index >= 15 is 0 Å². The van der Waals surface area contributed by atoms with Crippen molar-refractivity contribution < 1.29 is 0 Å². The van der Waals surface area contributed by atoms with Crippen LogP contribution >= 0.6 is 0 Å². The van der Waals surface area contributed by atoms with Crippen LogP contribution in [0.2, 0.25) is 0 Å². The molecule has 0 amide bonds. The van der Waals surface area contributed by atoms with E-state index in [9.17, 15) is 0 Å². The number of nitrogens with one attached hydrogen (secondary N) is 2. The Balaban J connectivity index is 1.54. The number of hydrogen-bond acceptors (Lipinski definition) is 2. The van der Waals surface area contributed by atoms with Crippen molar-refractivity contribution in [1.29, 1.82) is 0 Å². The molecule has 108 valence electrons. The van der Waals surface area contributed by atoms with Crippen LogP contribution in [0.15, 0.2) is 48.5 Å². The summed E-state index contributed by atoms with van der Waals surface area (Å²) in [5, 5.41) is 7.25.